The Morgan fingerprint density at radius 3 is 0.452 bits per heavy atom. The van der Waals surface area contributed by atoms with Gasteiger partial charge in [0.2, 0.25) is 0 Å². The fourth-order valence-electron chi connectivity index (χ4n) is 17.3. The van der Waals surface area contributed by atoms with Gasteiger partial charge in [-0.1, -0.05) is 283 Å². The molecule has 0 fully saturated rings. The zero-order valence-corrected chi connectivity index (χ0v) is 62.2. The van der Waals surface area contributed by atoms with Gasteiger partial charge in [-0.25, -0.2) is 29.9 Å². The molecule has 506 valence electrons. The van der Waals surface area contributed by atoms with Crippen molar-refractivity contribution < 1.29 is 0 Å². The Morgan fingerprint density at radius 1 is 0.163 bits per heavy atom. The maximum Gasteiger partial charge on any atom is 0.165 e. The molecule has 8 bridgehead atoms. The molecule has 12 aromatic carbocycles. The van der Waals surface area contributed by atoms with Crippen LogP contribution in [0.2, 0.25) is 0 Å². The number of nitrogens with zero attached hydrogens (tertiary/aromatic N) is 6. The van der Waals surface area contributed by atoms with Crippen LogP contribution in [0.3, 0.4) is 0 Å². The summed E-state index contributed by atoms with van der Waals surface area (Å²) in [6.45, 7) is 34.9. The van der Waals surface area contributed by atoms with E-state index >= 15 is 0 Å². The SMILES string of the molecule is Cc1cc(C)cc(-c2ccc(-c3cc(C)cc(C)c3)c3c2-c2nc-3nc3[nH]c(nc4nc(nc5[nH]c(n2)c2c(-c6cc(C)cc(C)c6)ccc(-c6cc(C)cc(C)c6)c52)-c2c(-c5cc(C)cc(C)c5)ccc(-c5cc(C)cc(C)c5)c2-4)c2c(-c4cc(C)cc(C)c4)ccc(-c4cc(C)cc(C)c4)c32)c1. The van der Waals surface area contributed by atoms with Gasteiger partial charge in [0.05, 0.1) is 0 Å². The number of H-pyrrole nitrogens is 2. The number of rotatable bonds is 8. The number of hydrogen-bond donors (Lipinski definition) is 2. The smallest absolute Gasteiger partial charge is 0.165 e. The van der Waals surface area contributed by atoms with E-state index in [9.17, 15) is 0 Å². The number of benzene rings is 12. The number of aromatic amines is 2. The van der Waals surface area contributed by atoms with Crippen molar-refractivity contribution in [3.05, 3.63) is 283 Å². The second-order valence-electron chi connectivity index (χ2n) is 30.3. The Hall–Kier alpha value is -12.0. The van der Waals surface area contributed by atoms with Gasteiger partial charge in [-0.05, 0) is 200 Å². The quantitative estimate of drug-likeness (QED) is 0.157. The van der Waals surface area contributed by atoms with Gasteiger partial charge in [0.25, 0.3) is 0 Å². The van der Waals surface area contributed by atoms with Gasteiger partial charge in [-0.2, -0.15) is 0 Å². The zero-order valence-electron chi connectivity index (χ0n) is 62.2. The normalized spacial score (nSPS) is 11.8. The van der Waals surface area contributed by atoms with Crippen LogP contribution in [0.1, 0.15) is 89.0 Å². The molecule has 8 heteroatoms. The molecule has 0 amide bonds. The fraction of sp³-hybridized carbons (Fsp3) is 0.167. The minimum Gasteiger partial charge on any atom is -0.324 e. The third-order valence-corrected chi connectivity index (χ3v) is 20.7. The molecule has 5 heterocycles. The molecule has 0 saturated carbocycles. The molecule has 8 nitrogen and oxygen atoms in total. The number of nitrogens with one attached hydrogen (secondary N) is 2. The molecule has 0 atom stereocenters. The van der Waals surface area contributed by atoms with Crippen LogP contribution in [-0.4, -0.2) is 39.9 Å². The van der Waals surface area contributed by atoms with Crippen molar-refractivity contribution in [2.75, 3.05) is 0 Å². The van der Waals surface area contributed by atoms with Gasteiger partial charge in [-0.15, -0.1) is 0 Å². The summed E-state index contributed by atoms with van der Waals surface area (Å²) in [5, 5.41) is 3.63. The first kappa shape index (κ1) is 65.3. The van der Waals surface area contributed by atoms with Crippen molar-refractivity contribution >= 4 is 44.1 Å². The third-order valence-electron chi connectivity index (χ3n) is 20.7. The molecule has 104 heavy (non-hydrogen) atoms. The zero-order chi connectivity index (χ0) is 72.0. The molecule has 0 radical (unpaired) electrons. The summed E-state index contributed by atoms with van der Waals surface area (Å²) in [5.41, 5.74) is 41.0. The number of aryl methyl sites for hydroxylation is 16. The largest absolute Gasteiger partial charge is 0.324 e. The first-order chi connectivity index (χ1) is 50.0. The van der Waals surface area contributed by atoms with Crippen LogP contribution in [0.4, 0.5) is 0 Å². The van der Waals surface area contributed by atoms with Crippen molar-refractivity contribution in [1.82, 2.24) is 39.9 Å². The van der Waals surface area contributed by atoms with Crippen molar-refractivity contribution in [3.8, 4) is 135 Å². The van der Waals surface area contributed by atoms with E-state index in [1.54, 1.807) is 0 Å². The molecule has 2 N–H and O–H groups in total. The summed E-state index contributed by atoms with van der Waals surface area (Å²) in [5.74, 6) is 2.07. The van der Waals surface area contributed by atoms with E-state index in [0.29, 0.717) is 45.9 Å². The monoisotopic (exact) mass is 1350 g/mol. The summed E-state index contributed by atoms with van der Waals surface area (Å²) in [4.78, 5) is 44.6. The van der Waals surface area contributed by atoms with Crippen LogP contribution in [0.25, 0.3) is 179 Å². The van der Waals surface area contributed by atoms with Gasteiger partial charge in [-0.3, -0.25) is 0 Å². The highest BCUT2D eigenvalue weighted by Gasteiger charge is 2.33. The molecule has 3 aromatic heterocycles. The topological polar surface area (TPSA) is 109 Å². The number of fused-ring (bicyclic) bond motifs is 20. The first-order valence-corrected chi connectivity index (χ1v) is 36.2. The molecule has 2 aliphatic heterocycles. The Kier molecular flexibility index (Phi) is 15.6. The second kappa shape index (κ2) is 24.9. The van der Waals surface area contributed by atoms with Gasteiger partial charge < -0.3 is 9.97 Å². The molecule has 0 spiro atoms. The highest BCUT2D eigenvalue weighted by molar-refractivity contribution is 6.21. The van der Waals surface area contributed by atoms with E-state index < -0.39 is 0 Å². The van der Waals surface area contributed by atoms with Crippen molar-refractivity contribution in [1.29, 1.82) is 0 Å². The molecule has 0 unspecified atom stereocenters. The molecular formula is C96H82N8. The van der Waals surface area contributed by atoms with Crippen LogP contribution in [0.5, 0.6) is 0 Å². The van der Waals surface area contributed by atoms with Gasteiger partial charge in [0, 0.05) is 43.8 Å². The van der Waals surface area contributed by atoms with Crippen molar-refractivity contribution in [2.45, 2.75) is 111 Å². The Bertz CT molecular complexity index is 5500. The standard InChI is InChI=1S/C96H82N8/c1-49-25-50(2)34-65(33-49)73-17-18-74(66-35-51(3)26-52(4)36-66)82-81(73)89-97-90(82)102-92-85-77(69-41-57(9)29-58(10)42-69)21-22-78(70-43-59(11)30-60(12)44-70)86(85)94(99-92)104-96-88-80(72-47-63(15)32-64(16)48-72)24-23-79(71-45-61(13)31-62(14)46-71)87(88)95(100-96)103-93-84-76(68-39-55(7)28-56(8)40-68)20-19-75(83(84)91(98-93)101-89)67-37-53(5)27-54(6)38-67/h17-48H,1-16H3,(H2,97,98,99,100,101,102,103,104). The lowest BCUT2D eigenvalue weighted by Gasteiger charge is -2.15. The minimum atomic E-state index is 0.518. The average Bonchev–Trinajstić information content (AvgIpc) is 1.54. The summed E-state index contributed by atoms with van der Waals surface area (Å²) in [7, 11) is 0. The van der Waals surface area contributed by atoms with E-state index in [4.69, 9.17) is 29.9 Å². The van der Waals surface area contributed by atoms with E-state index in [2.05, 4.69) is 315 Å². The van der Waals surface area contributed by atoms with Gasteiger partial charge in [0.1, 0.15) is 22.6 Å². The summed E-state index contributed by atoms with van der Waals surface area (Å²) in [6, 6.07) is 72.8. The predicted molar refractivity (Wildman–Crippen MR) is 435 cm³/mol. The van der Waals surface area contributed by atoms with Crippen molar-refractivity contribution in [2.24, 2.45) is 0 Å². The lowest BCUT2D eigenvalue weighted by molar-refractivity contribution is 1.19. The van der Waals surface area contributed by atoms with Crippen LogP contribution >= 0.6 is 0 Å². The fourth-order valence-corrected chi connectivity index (χ4v) is 17.3. The van der Waals surface area contributed by atoms with E-state index in [1.807, 2.05) is 0 Å². The molecule has 15 aromatic rings. The number of hydrogen-bond acceptors (Lipinski definition) is 6. The van der Waals surface area contributed by atoms with Crippen LogP contribution in [-0.2, 0) is 0 Å². The van der Waals surface area contributed by atoms with E-state index in [0.717, 1.165) is 222 Å². The minimum absolute atomic E-state index is 0.518. The van der Waals surface area contributed by atoms with Gasteiger partial charge >= 0.3 is 0 Å². The number of aromatic nitrogens is 8. The highest BCUT2D eigenvalue weighted by Crippen LogP contribution is 2.52. The lowest BCUT2D eigenvalue weighted by Crippen LogP contribution is -1.94. The summed E-state index contributed by atoms with van der Waals surface area (Å²) < 4.78 is 0. The molecular weight excluding hydrogens is 1270 g/mol. The maximum atomic E-state index is 6.13. The maximum absolute atomic E-state index is 6.13. The first-order valence-electron chi connectivity index (χ1n) is 36.2. The molecule has 0 saturated heterocycles. The summed E-state index contributed by atoms with van der Waals surface area (Å²) in [6.07, 6.45) is 0. The van der Waals surface area contributed by atoms with E-state index in [1.165, 1.54) is 0 Å². The highest BCUT2D eigenvalue weighted by atomic mass is 15.1. The second-order valence-corrected chi connectivity index (χ2v) is 30.3. The van der Waals surface area contributed by atoms with Crippen LogP contribution in [0.15, 0.2) is 194 Å². The lowest BCUT2D eigenvalue weighted by atomic mass is 9.88. The van der Waals surface area contributed by atoms with Crippen molar-refractivity contribution in [3.63, 3.8) is 0 Å². The Morgan fingerprint density at radius 2 is 0.298 bits per heavy atom. The average molecular weight is 1350 g/mol. The molecule has 0 aliphatic carbocycles. The Labute approximate surface area is 608 Å². The predicted octanol–water partition coefficient (Wildman–Crippen LogP) is 25.1. The van der Waals surface area contributed by atoms with Gasteiger partial charge in [0.15, 0.2) is 23.3 Å². The Balaban J connectivity index is 1.17. The molecule has 17 rings (SSSR count). The van der Waals surface area contributed by atoms with E-state index in [-0.39, 0.29) is 0 Å². The molecule has 2 aliphatic rings. The van der Waals surface area contributed by atoms with Crippen LogP contribution in [0, 0.1) is 111 Å². The summed E-state index contributed by atoms with van der Waals surface area (Å²) >= 11 is 0. The van der Waals surface area contributed by atoms with Crippen LogP contribution < -0.4 is 0 Å². The third kappa shape index (κ3) is 11.6.